The molecule has 0 spiro atoms. The van der Waals surface area contributed by atoms with E-state index in [2.05, 4.69) is 6.92 Å². The molecular weight excluding hydrogens is 152 g/mol. The Labute approximate surface area is 75.3 Å². The maximum Gasteiger partial charge on any atom is 0.129 e. The van der Waals surface area contributed by atoms with Crippen LogP contribution in [0.5, 0.6) is 0 Å². The lowest BCUT2D eigenvalue weighted by Crippen LogP contribution is -1.99. The van der Waals surface area contributed by atoms with Gasteiger partial charge in [0, 0.05) is 19.6 Å². The molecule has 0 radical (unpaired) electrons. The van der Waals surface area contributed by atoms with Gasteiger partial charge in [0.15, 0.2) is 0 Å². The van der Waals surface area contributed by atoms with Crippen molar-refractivity contribution in [2.24, 2.45) is 0 Å². The van der Waals surface area contributed by atoms with Gasteiger partial charge in [-0.2, -0.15) is 0 Å². The predicted octanol–water partition coefficient (Wildman–Crippen LogP) is 2.56. The van der Waals surface area contributed by atoms with E-state index in [1.54, 1.807) is 6.92 Å². The first-order chi connectivity index (χ1) is 5.77. The monoisotopic (exact) mass is 172 g/mol. The van der Waals surface area contributed by atoms with Gasteiger partial charge >= 0.3 is 0 Å². The summed E-state index contributed by atoms with van der Waals surface area (Å²) in [5.41, 5.74) is 0. The smallest absolute Gasteiger partial charge is 0.129 e. The van der Waals surface area contributed by atoms with Gasteiger partial charge in [0.25, 0.3) is 0 Å². The van der Waals surface area contributed by atoms with Gasteiger partial charge in [0.1, 0.15) is 5.78 Å². The van der Waals surface area contributed by atoms with Crippen molar-refractivity contribution in [3.05, 3.63) is 0 Å². The van der Waals surface area contributed by atoms with Crippen LogP contribution in [0.25, 0.3) is 0 Å². The third-order valence-corrected chi connectivity index (χ3v) is 1.71. The quantitative estimate of drug-likeness (QED) is 0.526. The van der Waals surface area contributed by atoms with E-state index in [4.69, 9.17) is 4.74 Å². The maximum atomic E-state index is 10.5. The second-order valence-electron chi connectivity index (χ2n) is 3.13. The van der Waals surface area contributed by atoms with Gasteiger partial charge in [0.2, 0.25) is 0 Å². The van der Waals surface area contributed by atoms with E-state index in [1.807, 2.05) is 0 Å². The van der Waals surface area contributed by atoms with Crippen LogP contribution < -0.4 is 0 Å². The number of hydrogen-bond donors (Lipinski definition) is 0. The van der Waals surface area contributed by atoms with E-state index < -0.39 is 0 Å². The highest BCUT2D eigenvalue weighted by Gasteiger charge is 1.93. The number of Topliss-reactive ketones (excluding diaryl/α,β-unsaturated/α-hetero) is 1. The molecule has 2 heteroatoms. The summed E-state index contributed by atoms with van der Waals surface area (Å²) < 4.78 is 5.33. The number of ketones is 1. The predicted molar refractivity (Wildman–Crippen MR) is 50.3 cm³/mol. The van der Waals surface area contributed by atoms with E-state index in [0.29, 0.717) is 6.42 Å². The lowest BCUT2D eigenvalue weighted by Gasteiger charge is -2.01. The van der Waals surface area contributed by atoms with E-state index >= 15 is 0 Å². The van der Waals surface area contributed by atoms with E-state index in [1.165, 1.54) is 12.8 Å². The average molecular weight is 172 g/mol. The van der Waals surface area contributed by atoms with Crippen LogP contribution in [-0.2, 0) is 9.53 Å². The lowest BCUT2D eigenvalue weighted by molar-refractivity contribution is -0.117. The highest BCUT2D eigenvalue weighted by Crippen LogP contribution is 1.96. The third-order valence-electron chi connectivity index (χ3n) is 1.71. The number of hydrogen-bond acceptors (Lipinski definition) is 2. The molecule has 0 fully saturated rings. The van der Waals surface area contributed by atoms with Gasteiger partial charge in [0.05, 0.1) is 0 Å². The molecule has 0 rings (SSSR count). The van der Waals surface area contributed by atoms with E-state index in [9.17, 15) is 4.79 Å². The molecule has 2 nitrogen and oxygen atoms in total. The molecule has 12 heavy (non-hydrogen) atoms. The molecule has 0 bridgehead atoms. The van der Waals surface area contributed by atoms with Crippen LogP contribution >= 0.6 is 0 Å². The van der Waals surface area contributed by atoms with Gasteiger partial charge in [-0.3, -0.25) is 0 Å². The summed E-state index contributed by atoms with van der Waals surface area (Å²) in [5.74, 6) is 0.257. The Bertz CT molecular complexity index is 110. The summed E-state index contributed by atoms with van der Waals surface area (Å²) in [7, 11) is 0. The van der Waals surface area contributed by atoms with Crippen LogP contribution in [0.15, 0.2) is 0 Å². The van der Waals surface area contributed by atoms with Crippen LogP contribution in [0.2, 0.25) is 0 Å². The largest absolute Gasteiger partial charge is 0.381 e. The fraction of sp³-hybridized carbons (Fsp3) is 0.900. The van der Waals surface area contributed by atoms with Crippen LogP contribution in [0.1, 0.15) is 46.0 Å². The lowest BCUT2D eigenvalue weighted by atomic mass is 10.2. The SMILES string of the molecule is CCCCCOCCCC(C)=O. The van der Waals surface area contributed by atoms with Crippen LogP contribution in [0.3, 0.4) is 0 Å². The molecule has 0 atom stereocenters. The summed E-state index contributed by atoms with van der Waals surface area (Å²) in [5, 5.41) is 0. The van der Waals surface area contributed by atoms with Gasteiger partial charge in [-0.1, -0.05) is 19.8 Å². The van der Waals surface area contributed by atoms with Crippen molar-refractivity contribution in [3.8, 4) is 0 Å². The maximum absolute atomic E-state index is 10.5. The topological polar surface area (TPSA) is 26.3 Å². The first-order valence-corrected chi connectivity index (χ1v) is 4.84. The number of carbonyl (C=O) groups excluding carboxylic acids is 1. The van der Waals surface area contributed by atoms with Crippen molar-refractivity contribution in [3.63, 3.8) is 0 Å². The average Bonchev–Trinajstić information content (AvgIpc) is 2.02. The molecule has 0 saturated heterocycles. The molecule has 0 aromatic heterocycles. The Morgan fingerprint density at radius 3 is 2.42 bits per heavy atom. The number of rotatable bonds is 8. The molecule has 0 saturated carbocycles. The van der Waals surface area contributed by atoms with Crippen molar-refractivity contribution in [1.82, 2.24) is 0 Å². The van der Waals surface area contributed by atoms with Crippen LogP contribution in [-0.4, -0.2) is 19.0 Å². The molecule has 0 aliphatic heterocycles. The first kappa shape index (κ1) is 11.6. The van der Waals surface area contributed by atoms with Gasteiger partial charge in [-0.15, -0.1) is 0 Å². The summed E-state index contributed by atoms with van der Waals surface area (Å²) in [6, 6.07) is 0. The van der Waals surface area contributed by atoms with Crippen molar-refractivity contribution >= 4 is 5.78 Å². The Balaban J connectivity index is 2.86. The molecular formula is C10H20O2. The standard InChI is InChI=1S/C10H20O2/c1-3-4-5-8-12-9-6-7-10(2)11/h3-9H2,1-2H3. The van der Waals surface area contributed by atoms with Crippen LogP contribution in [0.4, 0.5) is 0 Å². The highest BCUT2D eigenvalue weighted by atomic mass is 16.5. The number of ether oxygens (including phenoxy) is 1. The molecule has 0 aliphatic carbocycles. The Hall–Kier alpha value is -0.370. The summed E-state index contributed by atoms with van der Waals surface area (Å²) >= 11 is 0. The highest BCUT2D eigenvalue weighted by molar-refractivity contribution is 5.75. The summed E-state index contributed by atoms with van der Waals surface area (Å²) in [6.45, 7) is 5.39. The van der Waals surface area contributed by atoms with E-state index in [-0.39, 0.29) is 5.78 Å². The van der Waals surface area contributed by atoms with Gasteiger partial charge < -0.3 is 9.53 Å². The first-order valence-electron chi connectivity index (χ1n) is 4.84. The fourth-order valence-electron chi connectivity index (χ4n) is 0.979. The van der Waals surface area contributed by atoms with E-state index in [0.717, 1.165) is 26.1 Å². The molecule has 0 unspecified atom stereocenters. The molecule has 0 amide bonds. The zero-order valence-corrected chi connectivity index (χ0v) is 8.27. The fourth-order valence-corrected chi connectivity index (χ4v) is 0.979. The molecule has 0 aromatic carbocycles. The van der Waals surface area contributed by atoms with Crippen molar-refractivity contribution in [1.29, 1.82) is 0 Å². The Morgan fingerprint density at radius 2 is 1.83 bits per heavy atom. The minimum Gasteiger partial charge on any atom is -0.381 e. The Morgan fingerprint density at radius 1 is 1.17 bits per heavy atom. The zero-order valence-electron chi connectivity index (χ0n) is 8.27. The minimum absolute atomic E-state index is 0.257. The number of carbonyl (C=O) groups is 1. The summed E-state index contributed by atoms with van der Waals surface area (Å²) in [6.07, 6.45) is 5.16. The van der Waals surface area contributed by atoms with Crippen molar-refractivity contribution in [2.45, 2.75) is 46.0 Å². The van der Waals surface area contributed by atoms with Crippen molar-refractivity contribution in [2.75, 3.05) is 13.2 Å². The second-order valence-corrected chi connectivity index (χ2v) is 3.13. The zero-order chi connectivity index (χ0) is 9.23. The molecule has 0 heterocycles. The Kier molecular flexibility index (Phi) is 8.46. The summed E-state index contributed by atoms with van der Waals surface area (Å²) in [4.78, 5) is 10.5. The number of unbranched alkanes of at least 4 members (excludes halogenated alkanes) is 2. The molecule has 72 valence electrons. The second kappa shape index (κ2) is 8.72. The van der Waals surface area contributed by atoms with Gasteiger partial charge in [-0.05, 0) is 19.8 Å². The van der Waals surface area contributed by atoms with Gasteiger partial charge in [-0.25, -0.2) is 0 Å². The normalized spacial score (nSPS) is 10.2. The minimum atomic E-state index is 0.257. The van der Waals surface area contributed by atoms with Crippen LogP contribution in [0, 0.1) is 0 Å². The van der Waals surface area contributed by atoms with Crippen molar-refractivity contribution < 1.29 is 9.53 Å². The molecule has 0 aliphatic rings. The third kappa shape index (κ3) is 9.63. The molecule has 0 N–H and O–H groups in total. The molecule has 0 aromatic rings.